The van der Waals surface area contributed by atoms with Gasteiger partial charge in [0.05, 0.1) is 11.6 Å². The van der Waals surface area contributed by atoms with Crippen molar-refractivity contribution in [3.05, 3.63) is 89.2 Å². The number of aromatic amines is 1. The fourth-order valence-corrected chi connectivity index (χ4v) is 4.91. The predicted octanol–water partition coefficient (Wildman–Crippen LogP) is 4.87. The predicted molar refractivity (Wildman–Crippen MR) is 115 cm³/mol. The average molecular weight is 401 g/mol. The van der Waals surface area contributed by atoms with Gasteiger partial charge < -0.3 is 5.32 Å². The quantitative estimate of drug-likeness (QED) is 0.514. The van der Waals surface area contributed by atoms with Crippen molar-refractivity contribution in [3.8, 4) is 11.1 Å². The second-order valence-corrected chi connectivity index (χ2v) is 8.52. The Morgan fingerprint density at radius 2 is 2.07 bits per heavy atom. The van der Waals surface area contributed by atoms with Gasteiger partial charge in [-0.15, -0.1) is 11.3 Å². The first-order chi connectivity index (χ1) is 14.1. The molecule has 0 saturated heterocycles. The molecule has 0 unspecified atom stereocenters. The molecule has 0 bridgehead atoms. The van der Waals surface area contributed by atoms with E-state index < -0.39 is 5.41 Å². The molecule has 0 saturated carbocycles. The van der Waals surface area contributed by atoms with Crippen LogP contribution >= 0.6 is 11.3 Å². The van der Waals surface area contributed by atoms with Gasteiger partial charge in [0.25, 0.3) is 0 Å². The Labute approximate surface area is 172 Å². The molecule has 0 spiro atoms. The molecule has 2 N–H and O–H groups in total. The van der Waals surface area contributed by atoms with Gasteiger partial charge in [0.1, 0.15) is 0 Å². The maximum absolute atomic E-state index is 13.4. The maximum Gasteiger partial charge on any atom is 0.233 e. The molecular formula is C23H20N4OS. The molecule has 2 atom stereocenters. The van der Waals surface area contributed by atoms with E-state index in [9.17, 15) is 4.79 Å². The Balaban J connectivity index is 1.61. The molecular weight excluding hydrogens is 380 g/mol. The zero-order chi connectivity index (χ0) is 19.8. The van der Waals surface area contributed by atoms with Crippen LogP contribution in [0.1, 0.15) is 29.5 Å². The van der Waals surface area contributed by atoms with Crippen molar-refractivity contribution in [1.29, 1.82) is 0 Å². The number of carbonyl (C=O) groups excluding carboxylic acids is 1. The van der Waals surface area contributed by atoms with E-state index in [-0.39, 0.29) is 11.8 Å². The van der Waals surface area contributed by atoms with Crippen molar-refractivity contribution >= 4 is 22.4 Å². The van der Waals surface area contributed by atoms with Crippen molar-refractivity contribution in [2.45, 2.75) is 19.3 Å². The van der Waals surface area contributed by atoms with Crippen LogP contribution < -0.4 is 5.32 Å². The fraction of sp³-hybridized carbons (Fsp3) is 0.174. The summed E-state index contributed by atoms with van der Waals surface area (Å²) in [6.07, 6.45) is 6.10. The number of aromatic nitrogens is 3. The maximum atomic E-state index is 13.4. The van der Waals surface area contributed by atoms with E-state index in [1.165, 1.54) is 22.5 Å². The first-order valence-electron chi connectivity index (χ1n) is 9.53. The highest BCUT2D eigenvalue weighted by Crippen LogP contribution is 2.52. The molecule has 2 aromatic heterocycles. The number of nitrogens with one attached hydrogen (secondary N) is 2. The molecule has 1 amide bonds. The van der Waals surface area contributed by atoms with Gasteiger partial charge in [0, 0.05) is 29.3 Å². The van der Waals surface area contributed by atoms with Crippen LogP contribution in [0.5, 0.6) is 0 Å². The van der Waals surface area contributed by atoms with Gasteiger partial charge in [0.15, 0.2) is 5.13 Å². The zero-order valence-electron chi connectivity index (χ0n) is 15.9. The Morgan fingerprint density at radius 3 is 2.79 bits per heavy atom. The molecule has 2 heterocycles. The number of anilines is 1. The lowest BCUT2D eigenvalue weighted by Crippen LogP contribution is -2.37. The van der Waals surface area contributed by atoms with Crippen LogP contribution in [-0.2, 0) is 11.2 Å². The summed E-state index contributed by atoms with van der Waals surface area (Å²) in [5.41, 5.74) is 5.09. The van der Waals surface area contributed by atoms with Crippen molar-refractivity contribution in [2.75, 3.05) is 5.32 Å². The first kappa shape index (κ1) is 17.8. The number of thiazole rings is 1. The summed E-state index contributed by atoms with van der Waals surface area (Å²) in [7, 11) is 0. The SMILES string of the molecule is C[C@]1(C(=O)Nc2nccs2)Cc2ccc(-c3cn[nH]c3)cc2[C@H]1c1ccccc1. The molecule has 0 fully saturated rings. The summed E-state index contributed by atoms with van der Waals surface area (Å²) < 4.78 is 0. The molecule has 5 nitrogen and oxygen atoms in total. The molecule has 2 aromatic carbocycles. The van der Waals surface area contributed by atoms with E-state index in [1.54, 1.807) is 6.20 Å². The number of H-pyrrole nitrogens is 1. The smallest absolute Gasteiger partial charge is 0.233 e. The zero-order valence-corrected chi connectivity index (χ0v) is 16.7. The van der Waals surface area contributed by atoms with Crippen LogP contribution in [0.4, 0.5) is 5.13 Å². The Hall–Kier alpha value is -3.25. The van der Waals surface area contributed by atoms with Gasteiger partial charge in [-0.25, -0.2) is 4.98 Å². The van der Waals surface area contributed by atoms with Crippen LogP contribution in [-0.4, -0.2) is 21.1 Å². The Kier molecular flexibility index (Phi) is 4.28. The van der Waals surface area contributed by atoms with E-state index >= 15 is 0 Å². The van der Waals surface area contributed by atoms with Crippen molar-refractivity contribution in [2.24, 2.45) is 5.41 Å². The van der Waals surface area contributed by atoms with Gasteiger partial charge in [-0.05, 0) is 35.6 Å². The molecule has 6 heteroatoms. The van der Waals surface area contributed by atoms with Crippen LogP contribution in [0.15, 0.2) is 72.5 Å². The number of hydrogen-bond donors (Lipinski definition) is 2. The third kappa shape index (κ3) is 3.06. The summed E-state index contributed by atoms with van der Waals surface area (Å²) in [4.78, 5) is 17.7. The molecule has 5 rings (SSSR count). The van der Waals surface area contributed by atoms with E-state index in [4.69, 9.17) is 0 Å². The van der Waals surface area contributed by atoms with Gasteiger partial charge in [-0.2, -0.15) is 5.10 Å². The summed E-state index contributed by atoms with van der Waals surface area (Å²) in [5, 5.41) is 12.5. The third-order valence-electron chi connectivity index (χ3n) is 5.79. The number of nitrogens with zero attached hydrogens (tertiary/aromatic N) is 2. The summed E-state index contributed by atoms with van der Waals surface area (Å²) in [5.74, 6) is -0.0344. The van der Waals surface area contributed by atoms with Crippen molar-refractivity contribution in [1.82, 2.24) is 15.2 Å². The van der Waals surface area contributed by atoms with Crippen molar-refractivity contribution in [3.63, 3.8) is 0 Å². The number of fused-ring (bicyclic) bond motifs is 1. The fourth-order valence-electron chi connectivity index (χ4n) is 4.38. The lowest BCUT2D eigenvalue weighted by molar-refractivity contribution is -0.125. The molecule has 4 aromatic rings. The standard InChI is InChI=1S/C23H20N4OS/c1-23(21(28)27-22-24-9-10-29-22)12-17-8-7-16(18-13-25-26-14-18)11-19(17)20(23)15-5-3-2-4-6-15/h2-11,13-14,20H,12H2,1H3,(H,25,26)(H,24,27,28)/t20-,23+/m1/s1. The first-order valence-corrected chi connectivity index (χ1v) is 10.4. The second-order valence-electron chi connectivity index (χ2n) is 7.63. The highest BCUT2D eigenvalue weighted by atomic mass is 32.1. The van der Waals surface area contributed by atoms with Crippen LogP contribution in [0.3, 0.4) is 0 Å². The molecule has 1 aliphatic carbocycles. The lowest BCUT2D eigenvalue weighted by atomic mass is 9.73. The molecule has 144 valence electrons. The molecule has 0 aliphatic heterocycles. The monoisotopic (exact) mass is 400 g/mol. The van der Waals surface area contributed by atoms with Gasteiger partial charge >= 0.3 is 0 Å². The van der Waals surface area contributed by atoms with Gasteiger partial charge in [-0.1, -0.05) is 48.5 Å². The minimum atomic E-state index is -0.607. The lowest BCUT2D eigenvalue weighted by Gasteiger charge is -2.31. The number of amides is 1. The second kappa shape index (κ2) is 6.97. The van der Waals surface area contributed by atoms with Crippen molar-refractivity contribution < 1.29 is 4.79 Å². The van der Waals surface area contributed by atoms with Gasteiger partial charge in [0.2, 0.25) is 5.91 Å². The van der Waals surface area contributed by atoms with Gasteiger partial charge in [-0.3, -0.25) is 9.89 Å². The largest absolute Gasteiger partial charge is 0.301 e. The van der Waals surface area contributed by atoms with Crippen LogP contribution in [0, 0.1) is 5.41 Å². The Bertz CT molecular complexity index is 1140. The Morgan fingerprint density at radius 1 is 1.21 bits per heavy atom. The summed E-state index contributed by atoms with van der Waals surface area (Å²) >= 11 is 1.44. The van der Waals surface area contributed by atoms with E-state index in [0.717, 1.165) is 16.7 Å². The third-order valence-corrected chi connectivity index (χ3v) is 6.48. The van der Waals surface area contributed by atoms with E-state index in [2.05, 4.69) is 57.8 Å². The van der Waals surface area contributed by atoms with E-state index in [0.29, 0.717) is 11.6 Å². The highest BCUT2D eigenvalue weighted by molar-refractivity contribution is 7.13. The van der Waals surface area contributed by atoms with Crippen LogP contribution in [0.25, 0.3) is 11.1 Å². The molecule has 29 heavy (non-hydrogen) atoms. The number of rotatable bonds is 4. The topological polar surface area (TPSA) is 70.7 Å². The highest BCUT2D eigenvalue weighted by Gasteiger charge is 2.49. The molecule has 1 aliphatic rings. The summed E-state index contributed by atoms with van der Waals surface area (Å²) in [6, 6.07) is 16.8. The normalized spacial score (nSPS) is 20.4. The van der Waals surface area contributed by atoms with Crippen LogP contribution in [0.2, 0.25) is 0 Å². The summed E-state index contributed by atoms with van der Waals surface area (Å²) in [6.45, 7) is 2.06. The number of benzene rings is 2. The molecule has 0 radical (unpaired) electrons. The number of carbonyl (C=O) groups is 1. The number of hydrogen-bond acceptors (Lipinski definition) is 4. The minimum absolute atomic E-state index is 0.00219. The minimum Gasteiger partial charge on any atom is -0.301 e. The van der Waals surface area contributed by atoms with E-state index in [1.807, 2.05) is 36.0 Å². The average Bonchev–Trinajstić information content (AvgIpc) is 3.48.